The molecule has 2 N–H and O–H groups in total. The van der Waals surface area contributed by atoms with Crippen molar-refractivity contribution in [3.8, 4) is 0 Å². The SMILES string of the molecule is Cc1ccc(NC(=O)c2cc([N+](=O)[O-])cc(S(C)(=O)=O)c2)cc1NS(C)(=O)=O. The second kappa shape index (κ2) is 7.56. The van der Waals surface area contributed by atoms with Crippen LogP contribution < -0.4 is 10.0 Å². The van der Waals surface area contributed by atoms with Crippen molar-refractivity contribution in [2.75, 3.05) is 22.6 Å². The highest BCUT2D eigenvalue weighted by molar-refractivity contribution is 7.92. The predicted molar refractivity (Wildman–Crippen MR) is 104 cm³/mol. The summed E-state index contributed by atoms with van der Waals surface area (Å²) in [5, 5.41) is 13.5. The summed E-state index contributed by atoms with van der Waals surface area (Å²) >= 11 is 0. The maximum Gasteiger partial charge on any atom is 0.271 e. The number of non-ortho nitro benzene ring substituents is 1. The van der Waals surface area contributed by atoms with Gasteiger partial charge in [0, 0.05) is 29.6 Å². The van der Waals surface area contributed by atoms with Gasteiger partial charge in [0.25, 0.3) is 11.6 Å². The zero-order valence-corrected chi connectivity index (χ0v) is 16.7. The Morgan fingerprint density at radius 1 is 1.04 bits per heavy atom. The molecule has 0 saturated carbocycles. The van der Waals surface area contributed by atoms with Crippen molar-refractivity contribution in [3.63, 3.8) is 0 Å². The van der Waals surface area contributed by atoms with Crippen molar-refractivity contribution in [1.29, 1.82) is 0 Å². The molecule has 28 heavy (non-hydrogen) atoms. The van der Waals surface area contributed by atoms with E-state index >= 15 is 0 Å². The smallest absolute Gasteiger partial charge is 0.271 e. The van der Waals surface area contributed by atoms with E-state index < -0.39 is 36.4 Å². The van der Waals surface area contributed by atoms with Crippen LogP contribution in [0.1, 0.15) is 15.9 Å². The Morgan fingerprint density at radius 3 is 2.21 bits per heavy atom. The molecule has 0 aliphatic rings. The molecule has 0 heterocycles. The maximum atomic E-state index is 12.5. The fraction of sp³-hybridized carbons (Fsp3) is 0.188. The third-order valence-corrected chi connectivity index (χ3v) is 5.27. The molecule has 0 spiro atoms. The molecule has 0 bridgehead atoms. The number of anilines is 2. The first-order valence-electron chi connectivity index (χ1n) is 7.65. The van der Waals surface area contributed by atoms with Crippen molar-refractivity contribution in [2.24, 2.45) is 0 Å². The molecule has 1 amide bonds. The van der Waals surface area contributed by atoms with Crippen LogP contribution in [0.4, 0.5) is 17.1 Å². The van der Waals surface area contributed by atoms with Crippen molar-refractivity contribution in [1.82, 2.24) is 0 Å². The minimum atomic E-state index is -3.78. The van der Waals surface area contributed by atoms with E-state index in [-0.39, 0.29) is 21.8 Å². The first-order chi connectivity index (χ1) is 12.8. The number of sulfonamides is 1. The van der Waals surface area contributed by atoms with Crippen LogP contribution in [0.2, 0.25) is 0 Å². The van der Waals surface area contributed by atoms with Gasteiger partial charge in [-0.3, -0.25) is 19.6 Å². The molecule has 10 nitrogen and oxygen atoms in total. The maximum absolute atomic E-state index is 12.5. The lowest BCUT2D eigenvalue weighted by atomic mass is 10.1. The second-order valence-electron chi connectivity index (χ2n) is 6.10. The number of sulfone groups is 1. The average molecular weight is 427 g/mol. The molecule has 0 aliphatic carbocycles. The largest absolute Gasteiger partial charge is 0.322 e. The van der Waals surface area contributed by atoms with Crippen LogP contribution in [-0.4, -0.2) is 40.2 Å². The number of nitro groups is 1. The van der Waals surface area contributed by atoms with E-state index in [0.29, 0.717) is 5.56 Å². The van der Waals surface area contributed by atoms with Gasteiger partial charge in [-0.05, 0) is 30.7 Å². The molecule has 0 aromatic heterocycles. The lowest BCUT2D eigenvalue weighted by molar-refractivity contribution is -0.385. The third kappa shape index (κ3) is 5.50. The molecule has 0 saturated heterocycles. The summed E-state index contributed by atoms with van der Waals surface area (Å²) in [5.74, 6) is -0.789. The van der Waals surface area contributed by atoms with Gasteiger partial charge in [0.1, 0.15) is 0 Å². The monoisotopic (exact) mass is 427 g/mol. The van der Waals surface area contributed by atoms with Gasteiger partial charge in [-0.25, -0.2) is 16.8 Å². The van der Waals surface area contributed by atoms with E-state index in [1.54, 1.807) is 13.0 Å². The van der Waals surface area contributed by atoms with E-state index in [1.165, 1.54) is 12.1 Å². The molecular formula is C16H17N3O7S2. The topological polar surface area (TPSA) is 153 Å². The molecule has 0 fully saturated rings. The second-order valence-corrected chi connectivity index (χ2v) is 9.87. The molecule has 0 unspecified atom stereocenters. The summed E-state index contributed by atoms with van der Waals surface area (Å²) in [6.07, 6.45) is 1.85. The van der Waals surface area contributed by atoms with Gasteiger partial charge in [0.15, 0.2) is 9.84 Å². The highest BCUT2D eigenvalue weighted by Gasteiger charge is 2.19. The number of nitrogens with one attached hydrogen (secondary N) is 2. The number of hydrogen-bond donors (Lipinski definition) is 2. The van der Waals surface area contributed by atoms with Crippen LogP contribution in [0.5, 0.6) is 0 Å². The number of amides is 1. The molecule has 12 heteroatoms. The molecule has 0 aliphatic heterocycles. The highest BCUT2D eigenvalue weighted by Crippen LogP contribution is 2.24. The minimum Gasteiger partial charge on any atom is -0.322 e. The Bertz CT molecular complexity index is 1170. The van der Waals surface area contributed by atoms with Gasteiger partial charge >= 0.3 is 0 Å². The standard InChI is InChI=1S/C16H17N3O7S2/c1-10-4-5-12(8-15(10)18-28(3,25)26)17-16(20)11-6-13(19(21)22)9-14(7-11)27(2,23)24/h4-9,18H,1-3H3,(H,17,20). The van der Waals surface area contributed by atoms with Gasteiger partial charge in [0.2, 0.25) is 10.0 Å². The quantitative estimate of drug-likeness (QED) is 0.527. The van der Waals surface area contributed by atoms with Crippen molar-refractivity contribution in [3.05, 3.63) is 57.6 Å². The first-order valence-corrected chi connectivity index (χ1v) is 11.4. The summed E-state index contributed by atoms with van der Waals surface area (Å²) in [5.41, 5.74) is 0.299. The van der Waals surface area contributed by atoms with E-state index in [9.17, 15) is 31.7 Å². The summed E-state index contributed by atoms with van der Waals surface area (Å²) < 4.78 is 48.6. The minimum absolute atomic E-state index is 0.217. The molecule has 0 radical (unpaired) electrons. The van der Waals surface area contributed by atoms with Gasteiger partial charge in [0.05, 0.1) is 21.8 Å². The van der Waals surface area contributed by atoms with Gasteiger partial charge in [-0.2, -0.15) is 0 Å². The molecule has 2 rings (SSSR count). The van der Waals surface area contributed by atoms with Crippen LogP contribution in [0.3, 0.4) is 0 Å². The van der Waals surface area contributed by atoms with Crippen LogP contribution in [0.15, 0.2) is 41.3 Å². The van der Waals surface area contributed by atoms with E-state index in [0.717, 1.165) is 30.7 Å². The summed E-state index contributed by atoms with van der Waals surface area (Å²) in [7, 11) is -7.32. The number of rotatable bonds is 6. The van der Waals surface area contributed by atoms with Crippen LogP contribution in [0, 0.1) is 17.0 Å². The molecular weight excluding hydrogens is 410 g/mol. The Morgan fingerprint density at radius 2 is 1.68 bits per heavy atom. The summed E-state index contributed by atoms with van der Waals surface area (Å²) in [6, 6.07) is 7.30. The average Bonchev–Trinajstić information content (AvgIpc) is 2.55. The van der Waals surface area contributed by atoms with Crippen molar-refractivity contribution >= 4 is 42.8 Å². The Labute approximate surface area is 161 Å². The fourth-order valence-electron chi connectivity index (χ4n) is 2.25. The summed E-state index contributed by atoms with van der Waals surface area (Å²) in [4.78, 5) is 22.4. The lowest BCUT2D eigenvalue weighted by Crippen LogP contribution is -2.15. The number of carbonyl (C=O) groups excluding carboxylic acids is 1. The van der Waals surface area contributed by atoms with Crippen LogP contribution in [0.25, 0.3) is 0 Å². The number of hydrogen-bond acceptors (Lipinski definition) is 7. The van der Waals surface area contributed by atoms with Gasteiger partial charge in [-0.15, -0.1) is 0 Å². The summed E-state index contributed by atoms with van der Waals surface area (Å²) in [6.45, 7) is 1.66. The zero-order valence-electron chi connectivity index (χ0n) is 15.1. The first kappa shape index (κ1) is 21.3. The molecule has 2 aromatic rings. The zero-order chi connectivity index (χ0) is 21.3. The van der Waals surface area contributed by atoms with Crippen LogP contribution >= 0.6 is 0 Å². The number of nitrogens with zero attached hydrogens (tertiary/aromatic N) is 1. The Hall–Kier alpha value is -2.99. The van der Waals surface area contributed by atoms with Crippen molar-refractivity contribution in [2.45, 2.75) is 11.8 Å². The number of nitro benzene ring substituents is 1. The predicted octanol–water partition coefficient (Wildman–Crippen LogP) is 1.93. The highest BCUT2D eigenvalue weighted by atomic mass is 32.2. The van der Waals surface area contributed by atoms with E-state index in [4.69, 9.17) is 0 Å². The van der Waals surface area contributed by atoms with E-state index in [2.05, 4.69) is 10.0 Å². The number of aryl methyl sites for hydroxylation is 1. The fourth-order valence-corrected chi connectivity index (χ4v) is 3.54. The number of carbonyl (C=O) groups is 1. The Kier molecular flexibility index (Phi) is 5.75. The molecule has 150 valence electrons. The normalized spacial score (nSPS) is 11.7. The molecule has 0 atom stereocenters. The van der Waals surface area contributed by atoms with Crippen LogP contribution in [-0.2, 0) is 19.9 Å². The van der Waals surface area contributed by atoms with Gasteiger partial charge in [-0.1, -0.05) is 6.07 Å². The lowest BCUT2D eigenvalue weighted by Gasteiger charge is -2.11. The van der Waals surface area contributed by atoms with E-state index in [1.807, 2.05) is 0 Å². The Balaban J connectivity index is 2.41. The molecule has 2 aromatic carbocycles. The third-order valence-electron chi connectivity index (χ3n) is 3.58. The van der Waals surface area contributed by atoms with Gasteiger partial charge < -0.3 is 5.32 Å². The number of benzene rings is 2. The van der Waals surface area contributed by atoms with Crippen molar-refractivity contribution < 1.29 is 26.6 Å².